The van der Waals surface area contributed by atoms with Gasteiger partial charge in [0, 0.05) is 18.8 Å². The minimum Gasteiger partial charge on any atom is -0.336 e. The van der Waals surface area contributed by atoms with Crippen LogP contribution in [0.2, 0.25) is 4.34 Å². The number of hydrogen-bond acceptors (Lipinski definition) is 6. The lowest BCUT2D eigenvalue weighted by Gasteiger charge is -2.11. The summed E-state index contributed by atoms with van der Waals surface area (Å²) in [6, 6.07) is 10.3. The van der Waals surface area contributed by atoms with Gasteiger partial charge in [-0.1, -0.05) is 11.6 Å². The number of amides is 2. The normalized spacial score (nSPS) is 13.7. The number of benzene rings is 1. The van der Waals surface area contributed by atoms with E-state index in [1.807, 2.05) is 0 Å². The standard InChI is InChI=1S/C17H15ClN6O2S/c18-14-8-7-13(27-14)16(25)19-11-3-5-12(6-4-11)24-21-15(20-22-24)17(26)23-9-1-2-10-23/h3-8H,1-2,9-10H2,(H,19,25). The highest BCUT2D eigenvalue weighted by Gasteiger charge is 2.23. The number of carbonyl (C=O) groups is 2. The summed E-state index contributed by atoms with van der Waals surface area (Å²) in [5.74, 6) is -0.335. The van der Waals surface area contributed by atoms with Crippen LogP contribution in [0.5, 0.6) is 0 Å². The summed E-state index contributed by atoms with van der Waals surface area (Å²) in [5, 5.41) is 14.8. The predicted molar refractivity (Wildman–Crippen MR) is 102 cm³/mol. The second-order valence-electron chi connectivity index (χ2n) is 6.01. The molecule has 2 aromatic heterocycles. The van der Waals surface area contributed by atoms with Gasteiger partial charge in [-0.05, 0) is 54.5 Å². The number of carbonyl (C=O) groups excluding carboxylic acids is 2. The quantitative estimate of drug-likeness (QED) is 0.724. The van der Waals surface area contributed by atoms with Gasteiger partial charge in [0.2, 0.25) is 0 Å². The Morgan fingerprint density at radius 3 is 2.48 bits per heavy atom. The van der Waals surface area contributed by atoms with Crippen LogP contribution in [0.3, 0.4) is 0 Å². The lowest BCUT2D eigenvalue weighted by atomic mass is 10.3. The number of anilines is 1. The fraction of sp³-hybridized carbons (Fsp3) is 0.235. The smallest absolute Gasteiger partial charge is 0.295 e. The lowest BCUT2D eigenvalue weighted by molar-refractivity contribution is 0.0780. The van der Waals surface area contributed by atoms with Crippen LogP contribution in [0.4, 0.5) is 5.69 Å². The van der Waals surface area contributed by atoms with Gasteiger partial charge in [-0.15, -0.1) is 26.3 Å². The fourth-order valence-corrected chi connectivity index (χ4v) is 3.72. The summed E-state index contributed by atoms with van der Waals surface area (Å²) in [4.78, 5) is 28.0. The molecule has 0 saturated carbocycles. The van der Waals surface area contributed by atoms with E-state index in [0.717, 1.165) is 25.9 Å². The molecule has 1 saturated heterocycles. The van der Waals surface area contributed by atoms with E-state index in [0.29, 0.717) is 20.6 Å². The molecule has 4 rings (SSSR count). The van der Waals surface area contributed by atoms with Crippen LogP contribution in [-0.2, 0) is 0 Å². The molecule has 8 nitrogen and oxygen atoms in total. The van der Waals surface area contributed by atoms with Gasteiger partial charge < -0.3 is 10.2 Å². The fourth-order valence-electron chi connectivity index (χ4n) is 2.78. The van der Waals surface area contributed by atoms with Gasteiger partial charge in [-0.3, -0.25) is 9.59 Å². The Morgan fingerprint density at radius 2 is 1.81 bits per heavy atom. The summed E-state index contributed by atoms with van der Waals surface area (Å²) in [5.41, 5.74) is 1.27. The van der Waals surface area contributed by atoms with Crippen molar-refractivity contribution in [2.24, 2.45) is 0 Å². The average molecular weight is 403 g/mol. The van der Waals surface area contributed by atoms with Gasteiger partial charge in [-0.2, -0.15) is 0 Å². The molecule has 3 aromatic rings. The second kappa shape index (κ2) is 7.45. The molecule has 1 N–H and O–H groups in total. The van der Waals surface area contributed by atoms with Crippen molar-refractivity contribution in [2.75, 3.05) is 18.4 Å². The first-order chi connectivity index (χ1) is 13.1. The number of nitrogens with one attached hydrogen (secondary N) is 1. The molecule has 0 radical (unpaired) electrons. The van der Waals surface area contributed by atoms with E-state index < -0.39 is 0 Å². The number of tetrazole rings is 1. The highest BCUT2D eigenvalue weighted by atomic mass is 35.5. The minimum atomic E-state index is -0.225. The molecule has 3 heterocycles. The number of aromatic nitrogens is 4. The van der Waals surface area contributed by atoms with E-state index in [9.17, 15) is 9.59 Å². The Balaban J connectivity index is 1.44. The summed E-state index contributed by atoms with van der Waals surface area (Å²) in [6.07, 6.45) is 2.01. The van der Waals surface area contributed by atoms with Crippen molar-refractivity contribution in [2.45, 2.75) is 12.8 Å². The minimum absolute atomic E-state index is 0.0869. The van der Waals surface area contributed by atoms with Crippen LogP contribution >= 0.6 is 22.9 Å². The molecule has 10 heteroatoms. The topological polar surface area (TPSA) is 93.0 Å². The summed E-state index contributed by atoms with van der Waals surface area (Å²) < 4.78 is 0.562. The molecule has 0 unspecified atom stereocenters. The van der Waals surface area contributed by atoms with Crippen molar-refractivity contribution in [3.63, 3.8) is 0 Å². The van der Waals surface area contributed by atoms with Crippen LogP contribution in [0.1, 0.15) is 33.1 Å². The van der Waals surface area contributed by atoms with E-state index in [1.54, 1.807) is 41.3 Å². The molecule has 2 amide bonds. The van der Waals surface area contributed by atoms with Gasteiger partial charge in [-0.25, -0.2) is 0 Å². The number of hydrogen-bond donors (Lipinski definition) is 1. The number of likely N-dealkylation sites (tertiary alicyclic amines) is 1. The maximum absolute atomic E-state index is 12.3. The number of halogens is 1. The van der Waals surface area contributed by atoms with Gasteiger partial charge in [0.25, 0.3) is 17.6 Å². The van der Waals surface area contributed by atoms with Crippen LogP contribution in [0.15, 0.2) is 36.4 Å². The zero-order valence-electron chi connectivity index (χ0n) is 14.1. The maximum atomic E-state index is 12.3. The van der Waals surface area contributed by atoms with Crippen LogP contribution in [-0.4, -0.2) is 50.0 Å². The third kappa shape index (κ3) is 3.83. The van der Waals surface area contributed by atoms with E-state index >= 15 is 0 Å². The van der Waals surface area contributed by atoms with E-state index in [1.165, 1.54) is 16.1 Å². The zero-order valence-corrected chi connectivity index (χ0v) is 15.7. The first kappa shape index (κ1) is 17.6. The number of nitrogens with zero attached hydrogens (tertiary/aromatic N) is 5. The third-order valence-corrected chi connectivity index (χ3v) is 5.38. The van der Waals surface area contributed by atoms with Gasteiger partial charge in [0.05, 0.1) is 14.9 Å². The molecule has 0 atom stereocenters. The van der Waals surface area contributed by atoms with Crippen LogP contribution in [0.25, 0.3) is 5.69 Å². The van der Waals surface area contributed by atoms with Crippen molar-refractivity contribution in [3.05, 3.63) is 51.4 Å². The molecule has 0 aliphatic carbocycles. The highest BCUT2D eigenvalue weighted by Crippen LogP contribution is 2.22. The van der Waals surface area contributed by atoms with E-state index in [-0.39, 0.29) is 17.6 Å². The average Bonchev–Trinajstić information content (AvgIpc) is 3.43. The van der Waals surface area contributed by atoms with Crippen molar-refractivity contribution < 1.29 is 9.59 Å². The Hall–Kier alpha value is -2.78. The van der Waals surface area contributed by atoms with Gasteiger partial charge in [0.1, 0.15) is 0 Å². The second-order valence-corrected chi connectivity index (χ2v) is 7.72. The van der Waals surface area contributed by atoms with Gasteiger partial charge in [0.15, 0.2) is 0 Å². The zero-order chi connectivity index (χ0) is 18.8. The van der Waals surface area contributed by atoms with Crippen molar-refractivity contribution in [1.82, 2.24) is 25.1 Å². The van der Waals surface area contributed by atoms with Crippen LogP contribution in [0, 0.1) is 0 Å². The Bertz CT molecular complexity index is 977. The molecule has 27 heavy (non-hydrogen) atoms. The Morgan fingerprint density at radius 1 is 1.07 bits per heavy atom. The Labute approximate surface area is 163 Å². The molecule has 1 fully saturated rings. The predicted octanol–water partition coefficient (Wildman–Crippen LogP) is 2.87. The summed E-state index contributed by atoms with van der Waals surface area (Å²) >= 11 is 7.07. The molecule has 138 valence electrons. The Kier molecular flexibility index (Phi) is 4.87. The molecule has 1 aliphatic rings. The molecular formula is C17H15ClN6O2S. The maximum Gasteiger partial charge on any atom is 0.295 e. The molecule has 1 aliphatic heterocycles. The van der Waals surface area contributed by atoms with Crippen molar-refractivity contribution in [3.8, 4) is 5.69 Å². The largest absolute Gasteiger partial charge is 0.336 e. The van der Waals surface area contributed by atoms with E-state index in [4.69, 9.17) is 11.6 Å². The summed E-state index contributed by atoms with van der Waals surface area (Å²) in [6.45, 7) is 1.47. The number of thiophene rings is 1. The highest BCUT2D eigenvalue weighted by molar-refractivity contribution is 7.18. The summed E-state index contributed by atoms with van der Waals surface area (Å²) in [7, 11) is 0. The van der Waals surface area contributed by atoms with Gasteiger partial charge >= 0.3 is 0 Å². The van der Waals surface area contributed by atoms with Crippen LogP contribution < -0.4 is 5.32 Å². The first-order valence-corrected chi connectivity index (χ1v) is 9.56. The van der Waals surface area contributed by atoms with Crippen molar-refractivity contribution >= 4 is 40.4 Å². The number of rotatable bonds is 4. The lowest BCUT2D eigenvalue weighted by Crippen LogP contribution is -2.28. The first-order valence-electron chi connectivity index (χ1n) is 8.36. The monoisotopic (exact) mass is 402 g/mol. The molecule has 1 aromatic carbocycles. The van der Waals surface area contributed by atoms with Crippen molar-refractivity contribution in [1.29, 1.82) is 0 Å². The molecular weight excluding hydrogens is 388 g/mol. The SMILES string of the molecule is O=C(Nc1ccc(-n2nnc(C(=O)N3CCCC3)n2)cc1)c1ccc(Cl)s1. The third-order valence-electron chi connectivity index (χ3n) is 4.15. The molecule has 0 bridgehead atoms. The molecule has 0 spiro atoms. The van der Waals surface area contributed by atoms with E-state index in [2.05, 4.69) is 20.7 Å².